The van der Waals surface area contributed by atoms with Crippen molar-refractivity contribution in [3.63, 3.8) is 0 Å². The Hall–Kier alpha value is 2.37. The van der Waals surface area contributed by atoms with Crippen LogP contribution >= 0.6 is 18.8 Å². The first kappa shape index (κ1) is 22.4. The maximum absolute atomic E-state index is 7.79. The first-order valence-corrected chi connectivity index (χ1v) is 8.19. The van der Waals surface area contributed by atoms with Gasteiger partial charge < -0.3 is 12.3 Å². The van der Waals surface area contributed by atoms with Gasteiger partial charge in [-0.2, -0.15) is 0 Å². The molecular formula is H10CaCl2N2O2Pt. The van der Waals surface area contributed by atoms with Crippen molar-refractivity contribution in [3.8, 4) is 0 Å². The molecule has 0 atom stereocenters. The summed E-state index contributed by atoms with van der Waals surface area (Å²) >= 11 is -4.00. The number of hydrogen-bond acceptors (Lipinski definition) is 4. The van der Waals surface area contributed by atoms with Gasteiger partial charge in [0.2, 0.25) is 0 Å². The van der Waals surface area contributed by atoms with Gasteiger partial charge in [0.25, 0.3) is 0 Å². The second-order valence-electron chi connectivity index (χ2n) is 0.322. The molecule has 0 aliphatic rings. The molecule has 0 aromatic rings. The summed E-state index contributed by atoms with van der Waals surface area (Å²) in [5.41, 5.74) is 0. The van der Waals surface area contributed by atoms with E-state index >= 15 is 0 Å². The average molecular weight is 376 g/mol. The summed E-state index contributed by atoms with van der Waals surface area (Å²) in [5, 5.41) is 0. The van der Waals surface area contributed by atoms with Crippen LogP contribution < -0.4 is 12.3 Å². The quantitative estimate of drug-likeness (QED) is 0.434. The summed E-state index contributed by atoms with van der Waals surface area (Å²) in [6.07, 6.45) is 0. The molecule has 0 bridgehead atoms. The molecule has 4 nitrogen and oxygen atoms in total. The summed E-state index contributed by atoms with van der Waals surface area (Å²) in [4.78, 5) is 0. The Morgan fingerprint density at radius 2 is 1.00 bits per heavy atom. The molecule has 0 saturated heterocycles. The molecule has 0 aromatic carbocycles. The van der Waals surface area contributed by atoms with Gasteiger partial charge in [0.05, 0.1) is 0 Å². The predicted molar refractivity (Wildman–Crippen MR) is 34.7 cm³/mol. The van der Waals surface area contributed by atoms with E-state index < -0.39 is 14.7 Å². The molecule has 0 fully saturated rings. The van der Waals surface area contributed by atoms with E-state index in [1.54, 1.807) is 0 Å². The summed E-state index contributed by atoms with van der Waals surface area (Å²) in [6.45, 7) is 0. The molecule has 0 rings (SSSR count). The predicted octanol–water partition coefficient (Wildman–Crippen LogP) is -0.330. The molecule has 0 unspecified atom stereocenters. The number of hydrogen-bond donors (Lipinski definition) is 4. The van der Waals surface area contributed by atoms with Crippen LogP contribution in [0.3, 0.4) is 0 Å². The van der Waals surface area contributed by atoms with Crippen LogP contribution in [0.25, 0.3) is 0 Å². The zero-order chi connectivity index (χ0) is 4.50. The average Bonchev–Trinajstić information content (AvgIpc) is 0.722. The van der Waals surface area contributed by atoms with Crippen molar-refractivity contribution in [1.29, 1.82) is 0 Å². The zero-order valence-corrected chi connectivity index (χ0v) is 7.16. The molecule has 58 valence electrons. The summed E-state index contributed by atoms with van der Waals surface area (Å²) in [6, 6.07) is 0. The fourth-order valence-corrected chi connectivity index (χ4v) is 0. The molecule has 0 saturated carbocycles. The van der Waals surface area contributed by atoms with Crippen LogP contribution in [0.4, 0.5) is 0 Å². The van der Waals surface area contributed by atoms with Crippen molar-refractivity contribution in [2.75, 3.05) is 0 Å². The van der Waals surface area contributed by atoms with Gasteiger partial charge in [-0.3, -0.25) is 0 Å². The van der Waals surface area contributed by atoms with E-state index in [0.717, 1.165) is 0 Å². The van der Waals surface area contributed by atoms with Gasteiger partial charge in [0.15, 0.2) is 0 Å². The molecular weight excluding hydrogens is 366 g/mol. The fraction of sp³-hybridized carbons (Fsp3) is 0. The molecule has 0 aromatic heterocycles. The van der Waals surface area contributed by atoms with Crippen LogP contribution in [0.2, 0.25) is 0 Å². The van der Waals surface area contributed by atoms with Gasteiger partial charge in [-0.1, -0.05) is 0 Å². The van der Waals surface area contributed by atoms with Crippen LogP contribution in [0.5, 0.6) is 0 Å². The van der Waals surface area contributed by atoms with E-state index in [0.29, 0.717) is 0 Å². The minimum absolute atomic E-state index is 0. The minimum atomic E-state index is -4.00. The van der Waals surface area contributed by atoms with E-state index in [9.17, 15) is 0 Å². The summed E-state index contributed by atoms with van der Waals surface area (Å²) < 4.78 is 15.6. The van der Waals surface area contributed by atoms with Gasteiger partial charge in [-0.05, 0) is 0 Å². The van der Waals surface area contributed by atoms with Gasteiger partial charge in [0, 0.05) is 0 Å². The van der Waals surface area contributed by atoms with Crippen molar-refractivity contribution in [2.24, 2.45) is 0 Å². The van der Waals surface area contributed by atoms with Crippen LogP contribution in [0, 0.1) is 0 Å². The molecule has 0 radical (unpaired) electrons. The van der Waals surface area contributed by atoms with Gasteiger partial charge in [0.1, 0.15) is 0 Å². The van der Waals surface area contributed by atoms with Crippen molar-refractivity contribution in [3.05, 3.63) is 0 Å². The second kappa shape index (κ2) is 9.37. The topological polar surface area (TPSA) is 110 Å². The Labute approximate surface area is 89.7 Å². The number of halogens is 2. The van der Waals surface area contributed by atoms with Crippen LogP contribution in [-0.4, -0.2) is 45.3 Å². The second-order valence-corrected chi connectivity index (χ2v) is 9.10. The van der Waals surface area contributed by atoms with Crippen molar-refractivity contribution in [2.45, 2.75) is 0 Å². The molecule has 8 N–H and O–H groups in total. The molecule has 0 spiro atoms. The van der Waals surface area contributed by atoms with Crippen molar-refractivity contribution < 1.29 is 22.3 Å². The Morgan fingerprint density at radius 3 is 1.00 bits per heavy atom. The van der Waals surface area contributed by atoms with E-state index in [-0.39, 0.29) is 50.0 Å². The zero-order valence-electron chi connectivity index (χ0n) is 3.38. The monoisotopic (exact) mass is 375 g/mol. The normalized spacial score (nSPS) is 9.50. The maximum atomic E-state index is 7.79. The van der Waals surface area contributed by atoms with Crippen molar-refractivity contribution >= 4 is 56.6 Å². The Bertz CT molecular complexity index is 33.5. The number of rotatable bonds is 0. The van der Waals surface area contributed by atoms with E-state index in [1.165, 1.54) is 0 Å². The van der Waals surface area contributed by atoms with Crippen molar-refractivity contribution in [1.82, 2.24) is 12.3 Å². The standard InChI is InChI=1S/Ca.2ClH.2H3N.2H2O.Pt.2H/h;2*1H;2*1H3;2*1H2;;;/q;;;;;;;+4;;/p-4. The van der Waals surface area contributed by atoms with Crippen LogP contribution in [-0.2, 0) is 14.7 Å². The SMILES string of the molecule is N.N.[CaH2].[OH][Pt]([OH])([Cl])[Cl]. The summed E-state index contributed by atoms with van der Waals surface area (Å²) in [5.74, 6) is 0. The van der Waals surface area contributed by atoms with Gasteiger partial charge in [-0.15, -0.1) is 0 Å². The van der Waals surface area contributed by atoms with E-state index in [2.05, 4.69) is 18.8 Å². The first-order valence-electron chi connectivity index (χ1n) is 0.522. The molecule has 8 heteroatoms. The van der Waals surface area contributed by atoms with Gasteiger partial charge in [-0.25, -0.2) is 0 Å². The molecule has 0 amide bonds. The summed E-state index contributed by atoms with van der Waals surface area (Å²) in [7, 11) is 9.17. The van der Waals surface area contributed by atoms with Gasteiger partial charge >= 0.3 is 78.8 Å². The molecule has 0 heterocycles. The third-order valence-electron chi connectivity index (χ3n) is 0. The third kappa shape index (κ3) is 81.0. The molecule has 0 aliphatic carbocycles. The molecule has 8 heavy (non-hydrogen) atoms. The Kier molecular flexibility index (Phi) is 26.3. The van der Waals surface area contributed by atoms with E-state index in [1.807, 2.05) is 0 Å². The third-order valence-corrected chi connectivity index (χ3v) is 0. The fourth-order valence-electron chi connectivity index (χ4n) is 0. The van der Waals surface area contributed by atoms with Crippen LogP contribution in [0.1, 0.15) is 0 Å². The Morgan fingerprint density at radius 1 is 1.00 bits per heavy atom. The Balaban J connectivity index is -0.0000000267. The van der Waals surface area contributed by atoms with Crippen LogP contribution in [0.15, 0.2) is 0 Å². The van der Waals surface area contributed by atoms with E-state index in [4.69, 9.17) is 7.52 Å². The first-order chi connectivity index (χ1) is 2.00. The molecule has 0 aliphatic heterocycles.